The number of sulfonamides is 1. The Morgan fingerprint density at radius 1 is 1.12 bits per heavy atom. The third-order valence-corrected chi connectivity index (χ3v) is 7.63. The van der Waals surface area contributed by atoms with Crippen molar-refractivity contribution in [2.75, 3.05) is 39.0 Å². The molecule has 0 radical (unpaired) electrons. The van der Waals surface area contributed by atoms with E-state index in [2.05, 4.69) is 19.9 Å². The number of piperazine rings is 1. The van der Waals surface area contributed by atoms with Crippen LogP contribution in [-0.2, 0) is 10.0 Å². The Kier molecular flexibility index (Phi) is 6.20. The lowest BCUT2D eigenvalue weighted by Gasteiger charge is -2.31. The van der Waals surface area contributed by atoms with Crippen molar-refractivity contribution in [3.8, 4) is 11.3 Å². The van der Waals surface area contributed by atoms with Gasteiger partial charge in [-0.15, -0.1) is 0 Å². The smallest absolute Gasteiger partial charge is 0.244 e. The van der Waals surface area contributed by atoms with Gasteiger partial charge < -0.3 is 10.6 Å². The number of aromatic nitrogens is 3. The molecule has 0 unspecified atom stereocenters. The van der Waals surface area contributed by atoms with Gasteiger partial charge in [0.2, 0.25) is 15.8 Å². The van der Waals surface area contributed by atoms with Gasteiger partial charge in [-0.3, -0.25) is 9.78 Å². The maximum atomic E-state index is 13.2. The number of rotatable bonds is 5. The zero-order valence-electron chi connectivity index (χ0n) is 17.3. The van der Waals surface area contributed by atoms with Crippen molar-refractivity contribution in [1.29, 1.82) is 0 Å². The Bertz CT molecular complexity index is 1260. The summed E-state index contributed by atoms with van der Waals surface area (Å²) in [5, 5.41) is 0.114. The van der Waals surface area contributed by atoms with Crippen molar-refractivity contribution in [3.05, 3.63) is 65.2 Å². The number of hydrogen-bond donors (Lipinski definition) is 1. The Balaban J connectivity index is 1.72. The highest BCUT2D eigenvalue weighted by Crippen LogP contribution is 2.30. The first kappa shape index (κ1) is 22.3. The standard InChI is InChI=1S/C21H21ClN6O3S/c1-27-7-9-28(10-8-27)32(30,31)18-11-14(4-5-16(18)22)17-13-25-21(23)19(26-17)20(29)15-3-2-6-24-12-15/h2-6,11-13H,7-10H2,1H3,(H2,23,25). The van der Waals surface area contributed by atoms with Gasteiger partial charge in [-0.25, -0.2) is 18.4 Å². The highest BCUT2D eigenvalue weighted by Gasteiger charge is 2.30. The normalized spacial score (nSPS) is 15.6. The van der Waals surface area contributed by atoms with Crippen LogP contribution in [0.1, 0.15) is 16.1 Å². The largest absolute Gasteiger partial charge is 0.382 e. The fourth-order valence-electron chi connectivity index (χ4n) is 3.37. The van der Waals surface area contributed by atoms with Gasteiger partial charge in [0.15, 0.2) is 11.5 Å². The van der Waals surface area contributed by atoms with Gasteiger partial charge in [0, 0.05) is 49.7 Å². The molecular formula is C21H21ClN6O3S. The summed E-state index contributed by atoms with van der Waals surface area (Å²) in [5.41, 5.74) is 6.94. The SMILES string of the molecule is CN1CCN(S(=O)(=O)c2cc(-c3cnc(N)c(C(=O)c4cccnc4)n3)ccc2Cl)CC1. The molecule has 9 nitrogen and oxygen atoms in total. The van der Waals surface area contributed by atoms with E-state index >= 15 is 0 Å². The number of pyridine rings is 1. The Labute approximate surface area is 190 Å². The number of hydrogen-bond acceptors (Lipinski definition) is 8. The van der Waals surface area contributed by atoms with Gasteiger partial charge in [-0.2, -0.15) is 4.31 Å². The molecule has 1 aliphatic rings. The minimum Gasteiger partial charge on any atom is -0.382 e. The van der Waals surface area contributed by atoms with Gasteiger partial charge in [0.25, 0.3) is 0 Å². The Hall–Kier alpha value is -2.92. The van der Waals surface area contributed by atoms with Gasteiger partial charge in [-0.1, -0.05) is 17.7 Å². The molecule has 0 spiro atoms. The van der Waals surface area contributed by atoms with Crippen molar-refractivity contribution in [3.63, 3.8) is 0 Å². The number of nitrogens with zero attached hydrogens (tertiary/aromatic N) is 5. The van der Waals surface area contributed by atoms with Crippen LogP contribution < -0.4 is 5.73 Å². The zero-order valence-corrected chi connectivity index (χ0v) is 18.8. The molecule has 0 bridgehead atoms. The molecule has 2 aromatic heterocycles. The molecule has 1 aromatic carbocycles. The molecule has 1 fully saturated rings. The van der Waals surface area contributed by atoms with Crippen LogP contribution in [0, 0.1) is 0 Å². The number of carbonyl (C=O) groups is 1. The Morgan fingerprint density at radius 3 is 2.56 bits per heavy atom. The first-order valence-electron chi connectivity index (χ1n) is 9.83. The summed E-state index contributed by atoms with van der Waals surface area (Å²) < 4.78 is 27.9. The molecule has 166 valence electrons. The number of nitrogen functional groups attached to an aromatic ring is 1. The predicted octanol–water partition coefficient (Wildman–Crippen LogP) is 1.94. The van der Waals surface area contributed by atoms with E-state index in [0.717, 1.165) is 0 Å². The summed E-state index contributed by atoms with van der Waals surface area (Å²) in [6.45, 7) is 2.04. The molecule has 0 saturated carbocycles. The fourth-order valence-corrected chi connectivity index (χ4v) is 5.29. The van der Waals surface area contributed by atoms with Crippen LogP contribution in [0.15, 0.2) is 53.8 Å². The molecule has 11 heteroatoms. The van der Waals surface area contributed by atoms with E-state index in [0.29, 0.717) is 43.0 Å². The van der Waals surface area contributed by atoms with E-state index in [9.17, 15) is 13.2 Å². The maximum Gasteiger partial charge on any atom is 0.244 e. The lowest BCUT2D eigenvalue weighted by atomic mass is 10.1. The van der Waals surface area contributed by atoms with E-state index in [1.54, 1.807) is 24.4 Å². The summed E-state index contributed by atoms with van der Waals surface area (Å²) in [6, 6.07) is 7.82. The monoisotopic (exact) mass is 472 g/mol. The van der Waals surface area contributed by atoms with Crippen LogP contribution in [0.5, 0.6) is 0 Å². The van der Waals surface area contributed by atoms with Crippen LogP contribution in [0.3, 0.4) is 0 Å². The van der Waals surface area contributed by atoms with Crippen molar-refractivity contribution in [1.82, 2.24) is 24.2 Å². The van der Waals surface area contributed by atoms with E-state index < -0.39 is 15.8 Å². The quantitative estimate of drug-likeness (QED) is 0.559. The van der Waals surface area contributed by atoms with Crippen molar-refractivity contribution < 1.29 is 13.2 Å². The predicted molar refractivity (Wildman–Crippen MR) is 121 cm³/mol. The number of anilines is 1. The fraction of sp³-hybridized carbons (Fsp3) is 0.238. The van der Waals surface area contributed by atoms with Crippen molar-refractivity contribution >= 4 is 33.2 Å². The van der Waals surface area contributed by atoms with Crippen LogP contribution >= 0.6 is 11.6 Å². The number of benzene rings is 1. The van der Waals surface area contributed by atoms with Crippen LogP contribution in [0.2, 0.25) is 5.02 Å². The van der Waals surface area contributed by atoms with Gasteiger partial charge in [0.1, 0.15) is 4.90 Å². The number of halogens is 1. The molecule has 1 aliphatic heterocycles. The first-order chi connectivity index (χ1) is 15.3. The van der Waals surface area contributed by atoms with E-state index in [-0.39, 0.29) is 21.4 Å². The van der Waals surface area contributed by atoms with Crippen LogP contribution in [0.4, 0.5) is 5.82 Å². The molecule has 0 aliphatic carbocycles. The van der Waals surface area contributed by atoms with Crippen LogP contribution in [-0.4, -0.2) is 71.6 Å². The average Bonchev–Trinajstić information content (AvgIpc) is 2.80. The summed E-state index contributed by atoms with van der Waals surface area (Å²) in [5.74, 6) is -0.453. The minimum atomic E-state index is -3.80. The van der Waals surface area contributed by atoms with Crippen molar-refractivity contribution in [2.45, 2.75) is 4.90 Å². The molecule has 2 N–H and O–H groups in total. The molecule has 32 heavy (non-hydrogen) atoms. The minimum absolute atomic E-state index is 0.0139. The number of carbonyl (C=O) groups excluding carboxylic acids is 1. The van der Waals surface area contributed by atoms with E-state index in [1.807, 2.05) is 7.05 Å². The van der Waals surface area contributed by atoms with Gasteiger partial charge in [-0.05, 0) is 31.3 Å². The second-order valence-electron chi connectivity index (χ2n) is 7.41. The molecule has 0 atom stereocenters. The molecular weight excluding hydrogens is 452 g/mol. The number of likely N-dealkylation sites (N-methyl/N-ethyl adjacent to an activating group) is 1. The van der Waals surface area contributed by atoms with E-state index in [4.69, 9.17) is 17.3 Å². The van der Waals surface area contributed by atoms with Crippen molar-refractivity contribution in [2.24, 2.45) is 0 Å². The first-order valence-corrected chi connectivity index (χ1v) is 11.6. The Morgan fingerprint density at radius 2 is 1.88 bits per heavy atom. The number of nitrogens with two attached hydrogens (primary N) is 1. The van der Waals surface area contributed by atoms with E-state index in [1.165, 1.54) is 28.8 Å². The molecule has 3 aromatic rings. The summed E-state index contributed by atoms with van der Waals surface area (Å²) in [6.07, 6.45) is 4.36. The lowest BCUT2D eigenvalue weighted by molar-refractivity contribution is 0.103. The highest BCUT2D eigenvalue weighted by atomic mass is 35.5. The molecule has 4 rings (SSSR count). The second-order valence-corrected chi connectivity index (χ2v) is 9.73. The third-order valence-electron chi connectivity index (χ3n) is 5.25. The topological polar surface area (TPSA) is 122 Å². The van der Waals surface area contributed by atoms with Gasteiger partial charge >= 0.3 is 0 Å². The van der Waals surface area contributed by atoms with Gasteiger partial charge in [0.05, 0.1) is 16.9 Å². The highest BCUT2D eigenvalue weighted by molar-refractivity contribution is 7.89. The second kappa shape index (κ2) is 8.91. The maximum absolute atomic E-state index is 13.2. The number of ketones is 1. The lowest BCUT2D eigenvalue weighted by Crippen LogP contribution is -2.47. The summed E-state index contributed by atoms with van der Waals surface area (Å²) in [4.78, 5) is 27.3. The third kappa shape index (κ3) is 4.35. The van der Waals surface area contributed by atoms with Crippen LogP contribution in [0.25, 0.3) is 11.3 Å². The summed E-state index contributed by atoms with van der Waals surface area (Å²) >= 11 is 6.27. The summed E-state index contributed by atoms with van der Waals surface area (Å²) in [7, 11) is -1.85. The molecule has 3 heterocycles. The molecule has 1 saturated heterocycles. The molecule has 0 amide bonds. The zero-order chi connectivity index (χ0) is 22.9. The average molecular weight is 473 g/mol.